The van der Waals surface area contributed by atoms with E-state index in [1.165, 1.54) is 31.2 Å². The number of aliphatic hydroxyl groups excluding tert-OH is 1. The predicted molar refractivity (Wildman–Crippen MR) is 164 cm³/mol. The summed E-state index contributed by atoms with van der Waals surface area (Å²) in [6.45, 7) is 4.74. The molecule has 1 unspecified atom stereocenters. The molecule has 238 valence electrons. The van der Waals surface area contributed by atoms with E-state index in [1.807, 2.05) is 26.0 Å². The van der Waals surface area contributed by atoms with Crippen LogP contribution < -0.4 is 5.32 Å². The third kappa shape index (κ3) is 8.97. The summed E-state index contributed by atoms with van der Waals surface area (Å²) in [6, 6.07) is 22.9. The van der Waals surface area contributed by atoms with Gasteiger partial charge in [0.1, 0.15) is 0 Å². The van der Waals surface area contributed by atoms with Crippen LogP contribution in [0.4, 0.5) is 4.79 Å². The van der Waals surface area contributed by atoms with Crippen LogP contribution in [-0.2, 0) is 26.0 Å². The molecule has 1 aromatic heterocycles. The van der Waals surface area contributed by atoms with Crippen molar-refractivity contribution in [2.24, 2.45) is 5.92 Å². The summed E-state index contributed by atoms with van der Waals surface area (Å²) in [5.41, 5.74) is 1.89. The summed E-state index contributed by atoms with van der Waals surface area (Å²) in [6.07, 6.45) is -3.39. The van der Waals surface area contributed by atoms with Crippen LogP contribution in [0, 0.1) is 5.92 Å². The highest BCUT2D eigenvalue weighted by molar-refractivity contribution is 7.89. The first kappa shape index (κ1) is 33.3. The molecular weight excluding hydrogens is 600 g/mol. The first-order valence-corrected chi connectivity index (χ1v) is 15.8. The Kier molecular flexibility index (Phi) is 11.0. The van der Waals surface area contributed by atoms with Crippen molar-refractivity contribution in [1.29, 1.82) is 0 Å². The van der Waals surface area contributed by atoms with E-state index >= 15 is 0 Å². The summed E-state index contributed by atoms with van der Waals surface area (Å²) < 4.78 is 39.6. The lowest BCUT2D eigenvalue weighted by atomic mass is 10.0. The molecular formula is C32H36N4O8S. The van der Waals surface area contributed by atoms with Crippen LogP contribution in [0.25, 0.3) is 11.4 Å². The maximum absolute atomic E-state index is 13.8. The van der Waals surface area contributed by atoms with E-state index in [0.717, 1.165) is 9.87 Å². The van der Waals surface area contributed by atoms with Crippen molar-refractivity contribution in [2.75, 3.05) is 13.1 Å². The number of carbonyl (C=O) groups excluding carboxylic acids is 1. The molecule has 45 heavy (non-hydrogen) atoms. The highest BCUT2D eigenvalue weighted by Crippen LogP contribution is 2.28. The molecule has 0 saturated carbocycles. The van der Waals surface area contributed by atoms with Gasteiger partial charge in [0.2, 0.25) is 22.0 Å². The number of sulfonamides is 1. The Balaban J connectivity index is 1.55. The maximum atomic E-state index is 13.8. The Morgan fingerprint density at radius 1 is 0.956 bits per heavy atom. The number of aromatic nitrogens is 2. The van der Waals surface area contributed by atoms with E-state index in [1.54, 1.807) is 48.5 Å². The fourth-order valence-electron chi connectivity index (χ4n) is 4.76. The monoisotopic (exact) mass is 636 g/mol. The predicted octanol–water partition coefficient (Wildman–Crippen LogP) is 4.28. The number of nitrogens with one attached hydrogen (secondary N) is 1. The highest BCUT2D eigenvalue weighted by atomic mass is 32.2. The minimum absolute atomic E-state index is 0.0318. The normalized spacial score (nSPS) is 13.7. The van der Waals surface area contributed by atoms with Crippen molar-refractivity contribution in [2.45, 2.75) is 50.3 Å². The molecule has 0 aliphatic rings. The lowest BCUT2D eigenvalue weighted by Gasteiger charge is -2.30. The number of aliphatic hydroxyl groups is 1. The molecule has 0 aliphatic heterocycles. The molecule has 0 fully saturated rings. The molecule has 1 amide bonds. The van der Waals surface area contributed by atoms with E-state index in [2.05, 4.69) is 15.5 Å². The van der Waals surface area contributed by atoms with Gasteiger partial charge < -0.3 is 24.8 Å². The van der Waals surface area contributed by atoms with Crippen LogP contribution in [0.3, 0.4) is 0 Å². The fraction of sp³-hybridized carbons (Fsp3) is 0.312. The van der Waals surface area contributed by atoms with Gasteiger partial charge in [-0.15, -0.1) is 0 Å². The zero-order chi connectivity index (χ0) is 32.6. The molecule has 4 rings (SSSR count). The number of carbonyl (C=O) groups is 2. The largest absolute Gasteiger partial charge is 0.465 e. The van der Waals surface area contributed by atoms with Gasteiger partial charge in [0.05, 0.1) is 17.0 Å². The van der Waals surface area contributed by atoms with E-state index < -0.39 is 40.3 Å². The molecule has 0 radical (unpaired) electrons. The Morgan fingerprint density at radius 3 is 2.16 bits per heavy atom. The molecule has 3 aromatic carbocycles. The first-order valence-electron chi connectivity index (χ1n) is 14.3. The first-order chi connectivity index (χ1) is 21.4. The molecule has 12 nitrogen and oxygen atoms in total. The van der Waals surface area contributed by atoms with Crippen LogP contribution in [0.5, 0.6) is 0 Å². The second-order valence-corrected chi connectivity index (χ2v) is 12.8. The van der Waals surface area contributed by atoms with Crippen LogP contribution >= 0.6 is 0 Å². The summed E-state index contributed by atoms with van der Waals surface area (Å²) in [7, 11) is -4.11. The summed E-state index contributed by atoms with van der Waals surface area (Å²) in [5, 5.41) is 26.8. The molecule has 0 saturated heterocycles. The number of benzene rings is 3. The van der Waals surface area contributed by atoms with Crippen molar-refractivity contribution in [3.05, 3.63) is 102 Å². The second kappa shape index (κ2) is 14.9. The van der Waals surface area contributed by atoms with Crippen LogP contribution in [0.2, 0.25) is 0 Å². The van der Waals surface area contributed by atoms with E-state index in [9.17, 15) is 28.2 Å². The number of hydrogen-bond acceptors (Lipinski definition) is 9. The molecule has 1 heterocycles. The quantitative estimate of drug-likeness (QED) is 0.170. The molecule has 0 spiro atoms. The van der Waals surface area contributed by atoms with Gasteiger partial charge in [-0.1, -0.05) is 79.7 Å². The van der Waals surface area contributed by atoms with Crippen molar-refractivity contribution in [3.63, 3.8) is 0 Å². The minimum Gasteiger partial charge on any atom is -0.465 e. The molecule has 0 bridgehead atoms. The van der Waals surface area contributed by atoms with E-state index in [4.69, 9.17) is 9.26 Å². The van der Waals surface area contributed by atoms with Gasteiger partial charge in [0, 0.05) is 31.1 Å². The van der Waals surface area contributed by atoms with Crippen molar-refractivity contribution >= 4 is 22.1 Å². The third-order valence-corrected chi connectivity index (χ3v) is 8.68. The van der Waals surface area contributed by atoms with E-state index in [0.29, 0.717) is 11.1 Å². The number of nitrogens with zero attached hydrogens (tertiary/aromatic N) is 3. The third-order valence-electron chi connectivity index (χ3n) is 6.83. The van der Waals surface area contributed by atoms with Crippen LogP contribution in [-0.4, -0.2) is 70.4 Å². The summed E-state index contributed by atoms with van der Waals surface area (Å²) in [5.74, 6) is -0.390. The van der Waals surface area contributed by atoms with Gasteiger partial charge in [-0.3, -0.25) is 4.79 Å². The van der Waals surface area contributed by atoms with Crippen molar-refractivity contribution in [1.82, 2.24) is 19.8 Å². The van der Waals surface area contributed by atoms with Gasteiger partial charge in [-0.25, -0.2) is 13.2 Å². The fourth-order valence-corrected chi connectivity index (χ4v) is 6.38. The Morgan fingerprint density at radius 2 is 1.58 bits per heavy atom. The lowest BCUT2D eigenvalue weighted by molar-refractivity contribution is -0.145. The van der Waals surface area contributed by atoms with Crippen LogP contribution in [0.1, 0.15) is 43.9 Å². The summed E-state index contributed by atoms with van der Waals surface area (Å²) >= 11 is 0. The van der Waals surface area contributed by atoms with Crippen molar-refractivity contribution in [3.8, 4) is 11.4 Å². The number of rotatable bonds is 14. The van der Waals surface area contributed by atoms with E-state index in [-0.39, 0.29) is 42.0 Å². The SMILES string of the molecule is CC(=O)OC(c1ccccc1)c1nc(-c2ccc(S(=O)(=O)N(CC(C)C)C[C@@H](O)[C@H](Cc3ccccc3)NC(=O)O)cc2)no1. The molecule has 0 aliphatic carbocycles. The molecule has 4 aromatic rings. The Hall–Kier alpha value is -4.59. The number of carboxylic acid groups (broad SMARTS) is 1. The van der Waals surface area contributed by atoms with Crippen molar-refractivity contribution < 1.29 is 37.5 Å². The van der Waals surface area contributed by atoms with Gasteiger partial charge >= 0.3 is 12.1 Å². The average Bonchev–Trinajstić information content (AvgIpc) is 3.50. The lowest BCUT2D eigenvalue weighted by Crippen LogP contribution is -2.50. The number of hydrogen-bond donors (Lipinski definition) is 3. The second-order valence-electron chi connectivity index (χ2n) is 10.9. The number of amides is 1. The maximum Gasteiger partial charge on any atom is 0.404 e. The van der Waals surface area contributed by atoms with Gasteiger partial charge in [-0.05, 0) is 42.2 Å². The zero-order valence-electron chi connectivity index (χ0n) is 25.1. The van der Waals surface area contributed by atoms with Gasteiger partial charge in [-0.2, -0.15) is 9.29 Å². The number of esters is 1. The average molecular weight is 637 g/mol. The topological polar surface area (TPSA) is 172 Å². The summed E-state index contributed by atoms with van der Waals surface area (Å²) in [4.78, 5) is 27.6. The Labute approximate surface area is 261 Å². The minimum atomic E-state index is -4.11. The Bertz CT molecular complexity index is 1660. The highest BCUT2D eigenvalue weighted by Gasteiger charge is 2.32. The zero-order valence-corrected chi connectivity index (χ0v) is 25.9. The van der Waals surface area contributed by atoms with Crippen LogP contribution in [0.15, 0.2) is 94.3 Å². The molecule has 3 atom stereocenters. The van der Waals surface area contributed by atoms with Gasteiger partial charge in [0.15, 0.2) is 0 Å². The molecule has 13 heteroatoms. The molecule has 3 N–H and O–H groups in total. The standard InChI is InChI=1S/C32H36N4O8S/c1-21(2)19-36(20-28(38)27(33-32(39)40)18-23-10-6-4-7-11-23)45(41,42)26-16-14-25(15-17-26)30-34-31(44-35-30)29(43-22(3)37)24-12-8-5-9-13-24/h4-17,21,27-29,33,38H,18-20H2,1-3H3,(H,39,40)/t27-,28+,29?/m0/s1. The number of ether oxygens (including phenoxy) is 1. The smallest absolute Gasteiger partial charge is 0.404 e. The van der Waals surface area contributed by atoms with Gasteiger partial charge in [0.25, 0.3) is 5.89 Å².